The quantitative estimate of drug-likeness (QED) is 0.0566. The molecule has 2 aromatic rings. The Kier molecular flexibility index (Phi) is 21.3. The molecule has 0 atom stereocenters. The molecule has 6 heterocycles. The van der Waals surface area contributed by atoms with Gasteiger partial charge in [0.15, 0.2) is 0 Å². The summed E-state index contributed by atoms with van der Waals surface area (Å²) in [6.07, 6.45) is 15.7. The molecule has 64 heavy (non-hydrogen) atoms. The minimum absolute atomic E-state index is 0. The van der Waals surface area contributed by atoms with Crippen LogP contribution in [0.4, 0.5) is 50.4 Å². The summed E-state index contributed by atoms with van der Waals surface area (Å²) in [5.41, 5.74) is 3.98. The first-order valence-corrected chi connectivity index (χ1v) is 22.1. The molecular formula is C34H46Ag2F12N10O4P2-6. The third-order valence-corrected chi connectivity index (χ3v) is 7.52. The number of nitrogens with zero attached hydrogens (tertiary/aromatic N) is 10. The predicted molar refractivity (Wildman–Crippen MR) is 207 cm³/mol. The molecular weight excluding hydrogens is 1120 g/mol. The van der Waals surface area contributed by atoms with Crippen molar-refractivity contribution in [3.05, 3.63) is 135 Å². The summed E-state index contributed by atoms with van der Waals surface area (Å²) in [7, 11) is -21.3. The average Bonchev–Trinajstić information content (AvgIpc) is 3.94. The standard InChI is InChI=1S/2C17H23N5O2.2Ag.2F6P/c2*23-10-8-19-4-6-21(14-19)12-16-2-1-3-17(18-16)13-22-7-5-20(15-22)9-11-24;;;2*1-7(2,3,4,5)6/h2*1-7,14-15,23-24H,8-13H2;;;;/q2*-2;;;2*-1. The molecule has 0 bridgehead atoms. The molecule has 4 N–H and O–H groups in total. The van der Waals surface area contributed by atoms with E-state index in [4.69, 9.17) is 30.4 Å². The van der Waals surface area contributed by atoms with E-state index in [-0.39, 0.29) is 71.2 Å². The first-order valence-electron chi connectivity index (χ1n) is 18.1. The number of hydrogen-bond donors (Lipinski definition) is 4. The molecule has 6 rings (SSSR count). The number of hydrogen-bond acceptors (Lipinski definition) is 14. The summed E-state index contributed by atoms with van der Waals surface area (Å²) in [5, 5.41) is 35.9. The van der Waals surface area contributed by atoms with Crippen molar-refractivity contribution in [1.29, 1.82) is 0 Å². The van der Waals surface area contributed by atoms with E-state index in [1.807, 2.05) is 152 Å². The van der Waals surface area contributed by atoms with Gasteiger partial charge in [0.1, 0.15) is 0 Å². The molecule has 0 amide bonds. The summed E-state index contributed by atoms with van der Waals surface area (Å²) in [6.45, 7) is 13.6. The van der Waals surface area contributed by atoms with E-state index in [1.165, 1.54) is 0 Å². The molecule has 0 aromatic carbocycles. The SMILES string of the molecule is F[P-](F)(F)(F)(F)F.F[P-](F)(F)(F)(F)F.OCCN1C=CN(Cc2cccc(CN3C=CN(CCO)[CH-]3)n2)[CH-]1.OCCN1C=CN(Cc2cccc(CN3C=CN(CCO)[CH-]3)n2)[CH-]1.[Ag].[Ag]. The Bertz CT molecular complexity index is 1610. The van der Waals surface area contributed by atoms with Crippen molar-refractivity contribution in [3.8, 4) is 0 Å². The summed E-state index contributed by atoms with van der Waals surface area (Å²) in [6, 6.07) is 12.1. The fourth-order valence-electron chi connectivity index (χ4n) is 5.28. The Morgan fingerprint density at radius 2 is 0.531 bits per heavy atom. The van der Waals surface area contributed by atoms with Crippen LogP contribution in [-0.4, -0.2) is 122 Å². The fourth-order valence-corrected chi connectivity index (χ4v) is 5.28. The van der Waals surface area contributed by atoms with Gasteiger partial charge < -0.3 is 59.6 Å². The van der Waals surface area contributed by atoms with Crippen LogP contribution in [0.2, 0.25) is 0 Å². The second-order valence-electron chi connectivity index (χ2n) is 13.3. The first-order chi connectivity index (χ1) is 28.4. The molecule has 0 spiro atoms. The molecule has 14 nitrogen and oxygen atoms in total. The average molecular weight is 1160 g/mol. The zero-order valence-corrected chi connectivity index (χ0v) is 37.9. The topological polar surface area (TPSA) is 133 Å². The zero-order valence-electron chi connectivity index (χ0n) is 33.2. The van der Waals surface area contributed by atoms with Crippen LogP contribution in [0.15, 0.2) is 86.0 Å². The minimum atomic E-state index is -10.7. The van der Waals surface area contributed by atoms with Gasteiger partial charge in [-0.25, -0.2) is 0 Å². The van der Waals surface area contributed by atoms with Crippen molar-refractivity contribution >= 4 is 15.6 Å². The number of aromatic nitrogens is 2. The van der Waals surface area contributed by atoms with E-state index < -0.39 is 15.6 Å². The maximum absolute atomic E-state index is 10.7. The molecule has 378 valence electrons. The number of pyridine rings is 2. The normalized spacial score (nSPS) is 17.6. The monoisotopic (exact) mass is 1160 g/mol. The molecule has 0 unspecified atom stereocenters. The van der Waals surface area contributed by atoms with Crippen molar-refractivity contribution in [3.63, 3.8) is 0 Å². The van der Waals surface area contributed by atoms with E-state index in [9.17, 15) is 50.4 Å². The molecule has 0 saturated heterocycles. The Balaban J connectivity index is 0.000000483. The number of β-amino-alcohol motifs (C(OH)–C–C–N with tert-alkyl or cyclic N) is 4. The molecule has 0 fully saturated rings. The summed E-state index contributed by atoms with van der Waals surface area (Å²) < 4.78 is 118. The van der Waals surface area contributed by atoms with Gasteiger partial charge in [0, 0.05) is 97.1 Å². The Morgan fingerprint density at radius 3 is 0.703 bits per heavy atom. The van der Waals surface area contributed by atoms with Crippen molar-refractivity contribution in [2.24, 2.45) is 0 Å². The summed E-state index contributed by atoms with van der Waals surface area (Å²) in [5.74, 6) is 0. The van der Waals surface area contributed by atoms with E-state index >= 15 is 0 Å². The van der Waals surface area contributed by atoms with Crippen molar-refractivity contribution < 1.29 is 116 Å². The number of aliphatic hydroxyl groups excluding tert-OH is 4. The van der Waals surface area contributed by atoms with Crippen LogP contribution in [-0.2, 0) is 70.9 Å². The molecule has 0 saturated carbocycles. The van der Waals surface area contributed by atoms with Gasteiger partial charge in [-0.3, -0.25) is 9.97 Å². The van der Waals surface area contributed by atoms with Gasteiger partial charge in [-0.15, -0.1) is 0 Å². The van der Waals surface area contributed by atoms with Crippen molar-refractivity contribution in [1.82, 2.24) is 49.2 Å². The predicted octanol–water partition coefficient (Wildman–Crippen LogP) is 7.72. The minimum Gasteiger partial charge on any atom is -0.506 e. The van der Waals surface area contributed by atoms with Gasteiger partial charge in [-0.2, -0.15) is 26.7 Å². The van der Waals surface area contributed by atoms with Gasteiger partial charge in [0.25, 0.3) is 0 Å². The number of halogens is 12. The zero-order chi connectivity index (χ0) is 46.4. The Morgan fingerprint density at radius 1 is 0.359 bits per heavy atom. The molecule has 0 aliphatic carbocycles. The smallest absolute Gasteiger partial charge is 0.0582 e. The molecule has 4 aliphatic heterocycles. The van der Waals surface area contributed by atoms with Crippen molar-refractivity contribution in [2.45, 2.75) is 26.2 Å². The second-order valence-corrected chi connectivity index (χ2v) is 17.2. The van der Waals surface area contributed by atoms with E-state index in [0.29, 0.717) is 52.4 Å². The van der Waals surface area contributed by atoms with Crippen LogP contribution >= 0.6 is 15.6 Å². The van der Waals surface area contributed by atoms with Gasteiger partial charge in [0.05, 0.1) is 49.2 Å². The van der Waals surface area contributed by atoms with Crippen LogP contribution in [0, 0.1) is 26.7 Å². The van der Waals surface area contributed by atoms with Crippen LogP contribution in [0.5, 0.6) is 0 Å². The second kappa shape index (κ2) is 23.1. The van der Waals surface area contributed by atoms with Crippen molar-refractivity contribution in [2.75, 3.05) is 52.6 Å². The van der Waals surface area contributed by atoms with Crippen LogP contribution in [0.25, 0.3) is 0 Å². The summed E-state index contributed by atoms with van der Waals surface area (Å²) >= 11 is 0. The maximum atomic E-state index is 9.87. The van der Waals surface area contributed by atoms with Crippen LogP contribution < -0.4 is 0 Å². The molecule has 2 radical (unpaired) electrons. The Labute approximate surface area is 392 Å². The fraction of sp³-hybridized carbons (Fsp3) is 0.353. The first kappa shape index (κ1) is 59.0. The number of rotatable bonds is 16. The number of aliphatic hydroxyl groups is 4. The van der Waals surface area contributed by atoms with Gasteiger partial charge in [0.2, 0.25) is 0 Å². The van der Waals surface area contributed by atoms with Gasteiger partial charge in [-0.05, 0) is 73.9 Å². The third kappa shape index (κ3) is 30.3. The van der Waals surface area contributed by atoms with E-state index in [0.717, 1.165) is 22.8 Å². The largest absolute Gasteiger partial charge is 0.506 e. The summed E-state index contributed by atoms with van der Waals surface area (Å²) in [4.78, 5) is 25.4. The van der Waals surface area contributed by atoms with E-state index in [1.54, 1.807) is 0 Å². The van der Waals surface area contributed by atoms with E-state index in [2.05, 4.69) is 0 Å². The molecule has 4 aliphatic rings. The molecule has 30 heteroatoms. The van der Waals surface area contributed by atoms with Gasteiger partial charge >= 0.3 is 66.0 Å². The van der Waals surface area contributed by atoms with Gasteiger partial charge in [-0.1, -0.05) is 12.1 Å². The maximum Gasteiger partial charge on any atom is 0.0582 e. The Hall–Kier alpha value is -3.00. The third-order valence-electron chi connectivity index (χ3n) is 7.52. The van der Waals surface area contributed by atoms with Crippen LogP contribution in [0.1, 0.15) is 22.8 Å². The molecule has 2 aromatic heterocycles. The van der Waals surface area contributed by atoms with Crippen LogP contribution in [0.3, 0.4) is 0 Å².